The summed E-state index contributed by atoms with van der Waals surface area (Å²) in [5.41, 5.74) is 0. The van der Waals surface area contributed by atoms with E-state index in [1.54, 1.807) is 0 Å². The number of Topliss-reactive ketones (excluding diaryl/α,β-unsaturated/α-hetero) is 2. The van der Waals surface area contributed by atoms with Crippen LogP contribution in [0.15, 0.2) is 0 Å². The average molecular weight is 409 g/mol. The molecular formula is C28H40O2. The maximum atomic E-state index is 13.6. The molecule has 7 rings (SSSR count). The minimum Gasteiger partial charge on any atom is -0.299 e. The zero-order valence-corrected chi connectivity index (χ0v) is 18.6. The molecule has 7 aliphatic carbocycles. The van der Waals surface area contributed by atoms with E-state index in [9.17, 15) is 9.59 Å². The van der Waals surface area contributed by atoms with E-state index in [-0.39, 0.29) is 0 Å². The first-order chi connectivity index (χ1) is 14.7. The highest BCUT2D eigenvalue weighted by molar-refractivity contribution is 5.87. The number of rotatable bonds is 0. The summed E-state index contributed by atoms with van der Waals surface area (Å²) in [6, 6.07) is 0. The monoisotopic (exact) mass is 408 g/mol. The van der Waals surface area contributed by atoms with E-state index in [0.717, 1.165) is 29.6 Å². The molecule has 2 heteroatoms. The topological polar surface area (TPSA) is 34.1 Å². The normalized spacial score (nSPS) is 56.9. The van der Waals surface area contributed by atoms with Crippen molar-refractivity contribution in [3.8, 4) is 0 Å². The van der Waals surface area contributed by atoms with Gasteiger partial charge >= 0.3 is 0 Å². The third-order valence-corrected chi connectivity index (χ3v) is 12.1. The second-order valence-electron chi connectivity index (χ2n) is 12.7. The maximum Gasteiger partial charge on any atom is 0.139 e. The fraction of sp³-hybridized carbons (Fsp3) is 0.929. The van der Waals surface area contributed by atoms with Crippen molar-refractivity contribution in [2.75, 3.05) is 0 Å². The highest BCUT2D eigenvalue weighted by Crippen LogP contribution is 2.65. The molecule has 0 amide bonds. The first kappa shape index (κ1) is 18.9. The van der Waals surface area contributed by atoms with Gasteiger partial charge in [-0.3, -0.25) is 9.59 Å². The summed E-state index contributed by atoms with van der Waals surface area (Å²) in [5, 5.41) is 0. The van der Waals surface area contributed by atoms with Crippen LogP contribution in [0.3, 0.4) is 0 Å². The maximum absolute atomic E-state index is 13.6. The SMILES string of the molecule is O=C1C2CCCCC2C2C1CCC1CCC3C(CCC4C5CCCCC5C(=O)C43)C12. The number of hydrogen-bond acceptors (Lipinski definition) is 2. The largest absolute Gasteiger partial charge is 0.299 e. The smallest absolute Gasteiger partial charge is 0.139 e. The predicted octanol–water partition coefficient (Wildman–Crippen LogP) is 6.08. The third kappa shape index (κ3) is 2.43. The van der Waals surface area contributed by atoms with Crippen LogP contribution in [0.4, 0.5) is 0 Å². The van der Waals surface area contributed by atoms with E-state index < -0.39 is 0 Å². The Bertz CT molecular complexity index is 741. The molecule has 0 heterocycles. The zero-order valence-electron chi connectivity index (χ0n) is 18.6. The zero-order chi connectivity index (χ0) is 20.0. The molecule has 0 N–H and O–H groups in total. The Kier molecular flexibility index (Phi) is 4.35. The lowest BCUT2D eigenvalue weighted by Gasteiger charge is -2.55. The van der Waals surface area contributed by atoms with Gasteiger partial charge in [0.15, 0.2) is 0 Å². The lowest BCUT2D eigenvalue weighted by molar-refractivity contribution is -0.134. The van der Waals surface area contributed by atoms with Gasteiger partial charge in [-0.1, -0.05) is 25.7 Å². The fourth-order valence-electron chi connectivity index (χ4n) is 11.3. The summed E-state index contributed by atoms with van der Waals surface area (Å²) in [7, 11) is 0. The molecule has 0 radical (unpaired) electrons. The Morgan fingerprint density at radius 3 is 1.87 bits per heavy atom. The van der Waals surface area contributed by atoms with Crippen molar-refractivity contribution in [3.05, 3.63) is 0 Å². The van der Waals surface area contributed by atoms with Crippen molar-refractivity contribution in [2.45, 2.75) is 89.9 Å². The highest BCUT2D eigenvalue weighted by atomic mass is 16.1. The number of ketones is 2. The molecule has 7 fully saturated rings. The van der Waals surface area contributed by atoms with Gasteiger partial charge < -0.3 is 0 Å². The summed E-state index contributed by atoms with van der Waals surface area (Å²) in [4.78, 5) is 27.0. The van der Waals surface area contributed by atoms with Gasteiger partial charge in [-0.25, -0.2) is 0 Å². The van der Waals surface area contributed by atoms with E-state index in [2.05, 4.69) is 0 Å². The van der Waals surface area contributed by atoms with Gasteiger partial charge in [0.25, 0.3) is 0 Å². The van der Waals surface area contributed by atoms with Crippen molar-refractivity contribution in [1.29, 1.82) is 0 Å². The molecule has 0 bridgehead atoms. The molecular weight excluding hydrogens is 368 g/mol. The Balaban J connectivity index is 1.22. The Morgan fingerprint density at radius 1 is 0.433 bits per heavy atom. The molecule has 0 aliphatic heterocycles. The number of hydrogen-bond donors (Lipinski definition) is 0. The summed E-state index contributed by atoms with van der Waals surface area (Å²) in [5.74, 6) is 9.05. The molecule has 12 atom stereocenters. The first-order valence-electron chi connectivity index (χ1n) is 13.8. The second-order valence-corrected chi connectivity index (χ2v) is 12.7. The van der Waals surface area contributed by atoms with Gasteiger partial charge in [-0.15, -0.1) is 0 Å². The van der Waals surface area contributed by atoms with Crippen LogP contribution in [-0.4, -0.2) is 11.6 Å². The van der Waals surface area contributed by atoms with Crippen LogP contribution in [-0.2, 0) is 9.59 Å². The molecule has 7 aliphatic rings. The van der Waals surface area contributed by atoms with Gasteiger partial charge in [0.05, 0.1) is 0 Å². The molecule has 12 unspecified atom stereocenters. The van der Waals surface area contributed by atoms with Gasteiger partial charge in [-0.05, 0) is 112 Å². The number of fused-ring (bicyclic) bond motifs is 11. The summed E-state index contributed by atoms with van der Waals surface area (Å²) >= 11 is 0. The van der Waals surface area contributed by atoms with E-state index in [0.29, 0.717) is 53.0 Å². The number of carbonyl (C=O) groups is 2. The lowest BCUT2D eigenvalue weighted by atomic mass is 9.49. The van der Waals surface area contributed by atoms with Crippen LogP contribution in [0.1, 0.15) is 89.9 Å². The van der Waals surface area contributed by atoms with Gasteiger partial charge in [0.1, 0.15) is 11.6 Å². The Labute approximate surface area is 182 Å². The van der Waals surface area contributed by atoms with Crippen molar-refractivity contribution < 1.29 is 9.59 Å². The van der Waals surface area contributed by atoms with E-state index in [4.69, 9.17) is 0 Å². The average Bonchev–Trinajstić information content (AvgIpc) is 3.26. The van der Waals surface area contributed by atoms with Gasteiger partial charge in [0, 0.05) is 23.7 Å². The first-order valence-corrected chi connectivity index (χ1v) is 13.8. The van der Waals surface area contributed by atoms with E-state index >= 15 is 0 Å². The minimum absolute atomic E-state index is 0.401. The third-order valence-electron chi connectivity index (χ3n) is 12.1. The van der Waals surface area contributed by atoms with Crippen LogP contribution in [0.25, 0.3) is 0 Å². The quantitative estimate of drug-likeness (QED) is 0.487. The minimum atomic E-state index is 0.401. The fourth-order valence-corrected chi connectivity index (χ4v) is 11.3. The van der Waals surface area contributed by atoms with E-state index in [1.807, 2.05) is 0 Å². The Morgan fingerprint density at radius 2 is 1.03 bits per heavy atom. The van der Waals surface area contributed by atoms with Crippen molar-refractivity contribution >= 4 is 11.6 Å². The molecule has 0 aromatic heterocycles. The number of carbonyl (C=O) groups excluding carboxylic acids is 2. The van der Waals surface area contributed by atoms with Gasteiger partial charge in [-0.2, -0.15) is 0 Å². The van der Waals surface area contributed by atoms with Crippen LogP contribution < -0.4 is 0 Å². The Hall–Kier alpha value is -0.660. The molecule has 30 heavy (non-hydrogen) atoms. The van der Waals surface area contributed by atoms with Crippen molar-refractivity contribution in [3.63, 3.8) is 0 Å². The van der Waals surface area contributed by atoms with Crippen LogP contribution in [0.2, 0.25) is 0 Å². The molecule has 0 aromatic carbocycles. The predicted molar refractivity (Wildman–Crippen MR) is 117 cm³/mol. The summed E-state index contributed by atoms with van der Waals surface area (Å²) in [6.07, 6.45) is 18.3. The molecule has 0 saturated heterocycles. The van der Waals surface area contributed by atoms with E-state index in [1.165, 1.54) is 89.9 Å². The van der Waals surface area contributed by atoms with Crippen LogP contribution in [0.5, 0.6) is 0 Å². The van der Waals surface area contributed by atoms with Crippen molar-refractivity contribution in [2.24, 2.45) is 71.0 Å². The molecule has 164 valence electrons. The van der Waals surface area contributed by atoms with Gasteiger partial charge in [0.2, 0.25) is 0 Å². The lowest BCUT2D eigenvalue weighted by Crippen LogP contribution is -2.50. The molecule has 0 spiro atoms. The molecule has 0 aromatic rings. The summed E-state index contributed by atoms with van der Waals surface area (Å²) < 4.78 is 0. The van der Waals surface area contributed by atoms with Crippen LogP contribution in [0, 0.1) is 71.0 Å². The standard InChI is InChI=1S/C28H40O2/c29-27-22-8-4-2-6-17(22)25-23(27)12-10-15-9-11-20-19(24(15)25)14-13-18-16-5-1-3-7-21(16)28(30)26(18)20/h15-26H,1-14H2. The van der Waals surface area contributed by atoms with Crippen LogP contribution >= 0.6 is 0 Å². The van der Waals surface area contributed by atoms with Crippen molar-refractivity contribution in [1.82, 2.24) is 0 Å². The second kappa shape index (κ2) is 6.92. The molecule has 2 nitrogen and oxygen atoms in total. The highest BCUT2D eigenvalue weighted by Gasteiger charge is 2.63. The summed E-state index contributed by atoms with van der Waals surface area (Å²) in [6.45, 7) is 0. The molecule has 7 saturated carbocycles.